The van der Waals surface area contributed by atoms with Crippen molar-refractivity contribution in [1.29, 1.82) is 0 Å². The predicted octanol–water partition coefficient (Wildman–Crippen LogP) is -1.61. The van der Waals surface area contributed by atoms with Gasteiger partial charge in [-0.25, -0.2) is 0 Å². The first-order valence-electron chi connectivity index (χ1n) is 2.90. The van der Waals surface area contributed by atoms with Crippen molar-refractivity contribution in [2.24, 2.45) is 0 Å². The first-order valence-corrected chi connectivity index (χ1v) is 3.53. The van der Waals surface area contributed by atoms with Gasteiger partial charge in [0.15, 0.2) is 0 Å². The van der Waals surface area contributed by atoms with Crippen molar-refractivity contribution in [2.75, 3.05) is 18.9 Å². The summed E-state index contributed by atoms with van der Waals surface area (Å²) in [6.07, 6.45) is -1.07. The number of aliphatic hydroxyl groups is 2. The van der Waals surface area contributed by atoms with Crippen LogP contribution in [0.1, 0.15) is 0 Å². The molecule has 0 saturated heterocycles. The molecule has 1 amide bonds. The molecule has 0 rings (SSSR count). The molecule has 0 fully saturated rings. The lowest BCUT2D eigenvalue weighted by Crippen LogP contribution is -2.37. The maximum atomic E-state index is 10.6. The summed E-state index contributed by atoms with van der Waals surface area (Å²) in [6.45, 7) is 0.0503. The zero-order chi connectivity index (χ0) is 7.98. The lowest BCUT2D eigenvalue weighted by Gasteiger charge is -2.06. The Morgan fingerprint density at radius 1 is 1.70 bits per heavy atom. The fraction of sp³-hybridized carbons (Fsp3) is 0.800. The fourth-order valence-corrected chi connectivity index (χ4v) is 0.546. The highest BCUT2D eigenvalue weighted by Gasteiger charge is 2.10. The molecule has 0 aliphatic carbocycles. The monoisotopic (exact) mass is 165 g/mol. The van der Waals surface area contributed by atoms with E-state index in [1.807, 2.05) is 0 Å². The van der Waals surface area contributed by atoms with E-state index in [-0.39, 0.29) is 18.9 Å². The van der Waals surface area contributed by atoms with Crippen LogP contribution in [0.5, 0.6) is 0 Å². The number of carbonyl (C=O) groups is 1. The molecule has 10 heavy (non-hydrogen) atoms. The molecule has 4 nitrogen and oxygen atoms in total. The average molecular weight is 165 g/mol. The molecule has 5 heteroatoms. The van der Waals surface area contributed by atoms with Gasteiger partial charge in [0.2, 0.25) is 5.91 Å². The number of amides is 1. The highest BCUT2D eigenvalue weighted by Crippen LogP contribution is 1.85. The van der Waals surface area contributed by atoms with Gasteiger partial charge >= 0.3 is 0 Å². The summed E-state index contributed by atoms with van der Waals surface area (Å²) < 4.78 is 0. The van der Waals surface area contributed by atoms with Crippen molar-refractivity contribution in [3.05, 3.63) is 0 Å². The Hall–Kier alpha value is -0.260. The van der Waals surface area contributed by atoms with Crippen LogP contribution < -0.4 is 5.32 Å². The number of nitrogens with one attached hydrogen (secondary N) is 1. The third kappa shape index (κ3) is 3.71. The van der Waals surface area contributed by atoms with Gasteiger partial charge in [-0.05, 0) is 0 Å². The number of hydrogen-bond donors (Lipinski definition) is 4. The van der Waals surface area contributed by atoms with E-state index < -0.39 is 12.0 Å². The summed E-state index contributed by atoms with van der Waals surface area (Å²) >= 11 is 3.70. The van der Waals surface area contributed by atoms with Crippen molar-refractivity contribution in [1.82, 2.24) is 5.32 Å². The van der Waals surface area contributed by atoms with E-state index in [2.05, 4.69) is 17.9 Å². The largest absolute Gasteiger partial charge is 0.395 e. The minimum absolute atomic E-state index is 0.0945. The molecule has 1 unspecified atom stereocenters. The van der Waals surface area contributed by atoms with Crippen LogP contribution >= 0.6 is 12.6 Å². The Bertz CT molecular complexity index is 109. The molecule has 0 bridgehead atoms. The zero-order valence-corrected chi connectivity index (χ0v) is 6.34. The zero-order valence-electron chi connectivity index (χ0n) is 5.45. The summed E-state index contributed by atoms with van der Waals surface area (Å²) in [4.78, 5) is 10.6. The van der Waals surface area contributed by atoms with E-state index in [1.165, 1.54) is 0 Å². The van der Waals surface area contributed by atoms with Gasteiger partial charge in [-0.2, -0.15) is 12.6 Å². The van der Waals surface area contributed by atoms with Crippen molar-refractivity contribution in [3.8, 4) is 0 Å². The Kier molecular flexibility index (Phi) is 5.38. The number of carbonyl (C=O) groups excluding carboxylic acids is 1. The first kappa shape index (κ1) is 9.74. The molecular weight excluding hydrogens is 154 g/mol. The van der Waals surface area contributed by atoms with E-state index in [9.17, 15) is 4.79 Å². The fourth-order valence-electron chi connectivity index (χ4n) is 0.380. The van der Waals surface area contributed by atoms with Crippen molar-refractivity contribution >= 4 is 18.5 Å². The van der Waals surface area contributed by atoms with Crippen LogP contribution in [0.4, 0.5) is 0 Å². The smallest absolute Gasteiger partial charge is 0.249 e. The lowest BCUT2D eigenvalue weighted by atomic mass is 10.4. The molecule has 1 atom stereocenters. The topological polar surface area (TPSA) is 69.6 Å². The third-order valence-corrected chi connectivity index (χ3v) is 1.23. The first-order chi connectivity index (χ1) is 4.72. The van der Waals surface area contributed by atoms with Crippen LogP contribution in [0, 0.1) is 0 Å². The molecule has 0 heterocycles. The van der Waals surface area contributed by atoms with E-state index in [0.29, 0.717) is 0 Å². The average Bonchev–Trinajstić information content (AvgIpc) is 1.98. The van der Waals surface area contributed by atoms with Crippen LogP contribution in [0.2, 0.25) is 0 Å². The van der Waals surface area contributed by atoms with Crippen molar-refractivity contribution in [3.63, 3.8) is 0 Å². The normalized spacial score (nSPS) is 12.7. The van der Waals surface area contributed by atoms with E-state index in [0.717, 1.165) is 0 Å². The van der Waals surface area contributed by atoms with Crippen LogP contribution in [0.3, 0.4) is 0 Å². The van der Waals surface area contributed by atoms with E-state index in [4.69, 9.17) is 10.2 Å². The molecule has 0 aliphatic heterocycles. The second-order valence-corrected chi connectivity index (χ2v) is 2.08. The van der Waals surface area contributed by atoms with Crippen molar-refractivity contribution in [2.45, 2.75) is 6.10 Å². The van der Waals surface area contributed by atoms with Gasteiger partial charge < -0.3 is 15.5 Å². The van der Waals surface area contributed by atoms with Gasteiger partial charge in [-0.15, -0.1) is 0 Å². The van der Waals surface area contributed by atoms with Gasteiger partial charge in [0.05, 0.1) is 6.61 Å². The predicted molar refractivity (Wildman–Crippen MR) is 40.0 cm³/mol. The number of aliphatic hydroxyl groups excluding tert-OH is 2. The van der Waals surface area contributed by atoms with Crippen LogP contribution in [-0.4, -0.2) is 41.1 Å². The molecule has 3 N–H and O–H groups in total. The van der Waals surface area contributed by atoms with Crippen LogP contribution in [-0.2, 0) is 4.79 Å². The lowest BCUT2D eigenvalue weighted by molar-refractivity contribution is -0.128. The molecule has 0 radical (unpaired) electrons. The summed E-state index contributed by atoms with van der Waals surface area (Å²) in [6, 6.07) is 0. The quantitative estimate of drug-likeness (QED) is 0.379. The van der Waals surface area contributed by atoms with Crippen LogP contribution in [0.15, 0.2) is 0 Å². The summed E-state index contributed by atoms with van der Waals surface area (Å²) in [7, 11) is 0. The minimum Gasteiger partial charge on any atom is -0.395 e. The Morgan fingerprint density at radius 2 is 2.30 bits per heavy atom. The molecule has 0 aromatic heterocycles. The summed E-state index contributed by atoms with van der Waals surface area (Å²) in [5.41, 5.74) is 0. The van der Waals surface area contributed by atoms with Gasteiger partial charge in [0, 0.05) is 12.3 Å². The summed E-state index contributed by atoms with van der Waals surface area (Å²) in [5, 5.41) is 19.3. The minimum atomic E-state index is -1.07. The van der Waals surface area contributed by atoms with Gasteiger partial charge in [0.1, 0.15) is 6.10 Å². The maximum absolute atomic E-state index is 10.6. The molecule has 60 valence electrons. The number of rotatable bonds is 4. The standard InChI is InChI=1S/C5H11NO3S/c7-2-1-6-5(9)4(8)3-10/h4,7-8,10H,1-3H2,(H,6,9). The summed E-state index contributed by atoms with van der Waals surface area (Å²) in [5.74, 6) is -0.402. The second kappa shape index (κ2) is 5.52. The van der Waals surface area contributed by atoms with Gasteiger partial charge in [-0.3, -0.25) is 4.79 Å². The Balaban J connectivity index is 3.42. The maximum Gasteiger partial charge on any atom is 0.249 e. The molecular formula is C5H11NO3S. The SMILES string of the molecule is O=C(NCCO)C(O)CS. The van der Waals surface area contributed by atoms with Crippen molar-refractivity contribution < 1.29 is 15.0 Å². The van der Waals surface area contributed by atoms with Gasteiger partial charge in [0.25, 0.3) is 0 Å². The molecule has 0 aliphatic rings. The molecule has 0 saturated carbocycles. The van der Waals surface area contributed by atoms with E-state index >= 15 is 0 Å². The number of thiol groups is 1. The molecule has 0 aromatic rings. The molecule has 0 spiro atoms. The van der Waals surface area contributed by atoms with Gasteiger partial charge in [-0.1, -0.05) is 0 Å². The third-order valence-electron chi connectivity index (χ3n) is 0.887. The molecule has 0 aromatic carbocycles. The highest BCUT2D eigenvalue weighted by molar-refractivity contribution is 7.80. The second-order valence-electron chi connectivity index (χ2n) is 1.71. The Labute approximate surface area is 64.7 Å². The van der Waals surface area contributed by atoms with Crippen LogP contribution in [0.25, 0.3) is 0 Å². The Morgan fingerprint density at radius 3 is 2.70 bits per heavy atom. The van der Waals surface area contributed by atoms with E-state index in [1.54, 1.807) is 0 Å². The number of hydrogen-bond acceptors (Lipinski definition) is 4. The highest BCUT2D eigenvalue weighted by atomic mass is 32.1.